The number of ether oxygens (including phenoxy) is 1. The lowest BCUT2D eigenvalue weighted by molar-refractivity contribution is -0.122. The highest BCUT2D eigenvalue weighted by Gasteiger charge is 2.20. The van der Waals surface area contributed by atoms with Gasteiger partial charge in [-0.1, -0.05) is 54.6 Å². The van der Waals surface area contributed by atoms with Gasteiger partial charge in [-0.3, -0.25) is 10.1 Å². The standard InChI is InChI=1S/C15H19N3O2S2/c1-4-12(20-11-8-6-10(3)7-9-11)13(19)16-14-17-18-15(22-14)21-5-2/h6-9,12H,4-5H2,1-3H3,(H,16,17,19). The first kappa shape index (κ1) is 16.8. The van der Waals surface area contributed by atoms with E-state index in [2.05, 4.69) is 15.5 Å². The van der Waals surface area contributed by atoms with E-state index >= 15 is 0 Å². The summed E-state index contributed by atoms with van der Waals surface area (Å²) < 4.78 is 6.60. The van der Waals surface area contributed by atoms with Crippen LogP contribution in [0.2, 0.25) is 0 Å². The summed E-state index contributed by atoms with van der Waals surface area (Å²) in [6, 6.07) is 7.65. The van der Waals surface area contributed by atoms with Crippen molar-refractivity contribution in [2.45, 2.75) is 37.6 Å². The highest BCUT2D eigenvalue weighted by Crippen LogP contribution is 2.25. The summed E-state index contributed by atoms with van der Waals surface area (Å²) >= 11 is 2.98. The maximum atomic E-state index is 12.3. The molecule has 0 bridgehead atoms. The second-order valence-electron chi connectivity index (χ2n) is 4.62. The van der Waals surface area contributed by atoms with E-state index in [1.54, 1.807) is 11.8 Å². The second-order valence-corrected chi connectivity index (χ2v) is 7.11. The van der Waals surface area contributed by atoms with Crippen LogP contribution < -0.4 is 10.1 Å². The van der Waals surface area contributed by atoms with Crippen molar-refractivity contribution in [3.05, 3.63) is 29.8 Å². The summed E-state index contributed by atoms with van der Waals surface area (Å²) in [5.74, 6) is 1.41. The molecule has 0 saturated heterocycles. The van der Waals surface area contributed by atoms with Crippen molar-refractivity contribution < 1.29 is 9.53 Å². The summed E-state index contributed by atoms with van der Waals surface area (Å²) in [6.45, 7) is 5.97. The van der Waals surface area contributed by atoms with Crippen molar-refractivity contribution >= 4 is 34.1 Å². The molecule has 0 aliphatic heterocycles. The Morgan fingerprint density at radius 1 is 1.32 bits per heavy atom. The zero-order valence-corrected chi connectivity index (χ0v) is 14.5. The smallest absolute Gasteiger partial charge is 0.267 e. The monoisotopic (exact) mass is 337 g/mol. The highest BCUT2D eigenvalue weighted by molar-refractivity contribution is 8.01. The predicted molar refractivity (Wildman–Crippen MR) is 90.8 cm³/mol. The molecule has 0 radical (unpaired) electrons. The molecule has 1 unspecified atom stereocenters. The van der Waals surface area contributed by atoms with E-state index < -0.39 is 6.10 Å². The summed E-state index contributed by atoms with van der Waals surface area (Å²) in [5.41, 5.74) is 1.15. The Morgan fingerprint density at radius 2 is 2.05 bits per heavy atom. The van der Waals surface area contributed by atoms with E-state index in [1.807, 2.05) is 45.0 Å². The van der Waals surface area contributed by atoms with Crippen molar-refractivity contribution in [1.82, 2.24) is 10.2 Å². The fraction of sp³-hybridized carbons (Fsp3) is 0.400. The fourth-order valence-electron chi connectivity index (χ4n) is 1.73. The van der Waals surface area contributed by atoms with Gasteiger partial charge >= 0.3 is 0 Å². The molecule has 0 aliphatic rings. The first-order chi connectivity index (χ1) is 10.6. The number of thioether (sulfide) groups is 1. The van der Waals surface area contributed by atoms with Gasteiger partial charge in [0.05, 0.1) is 0 Å². The predicted octanol–water partition coefficient (Wildman–Crippen LogP) is 3.75. The molecule has 7 heteroatoms. The minimum atomic E-state index is -0.547. The molecule has 5 nitrogen and oxygen atoms in total. The molecular formula is C15H19N3O2S2. The molecular weight excluding hydrogens is 318 g/mol. The molecule has 1 amide bonds. The third kappa shape index (κ3) is 4.71. The quantitative estimate of drug-likeness (QED) is 0.616. The van der Waals surface area contributed by atoms with Crippen molar-refractivity contribution in [2.24, 2.45) is 0 Å². The minimum absolute atomic E-state index is 0.202. The van der Waals surface area contributed by atoms with Gasteiger partial charge < -0.3 is 4.74 Å². The van der Waals surface area contributed by atoms with Gasteiger partial charge in [-0.15, -0.1) is 10.2 Å². The summed E-state index contributed by atoms with van der Waals surface area (Å²) in [5, 5.41) is 11.3. The van der Waals surface area contributed by atoms with Crippen LogP contribution in [0.25, 0.3) is 0 Å². The second kappa shape index (κ2) is 8.14. The SMILES string of the molecule is CCSc1nnc(NC(=O)C(CC)Oc2ccc(C)cc2)s1. The number of aromatic nitrogens is 2. The van der Waals surface area contributed by atoms with E-state index in [1.165, 1.54) is 11.3 Å². The molecule has 0 spiro atoms. The average Bonchev–Trinajstić information content (AvgIpc) is 2.94. The Bertz CT molecular complexity index is 614. The van der Waals surface area contributed by atoms with Gasteiger partial charge in [-0.2, -0.15) is 0 Å². The number of benzene rings is 1. The van der Waals surface area contributed by atoms with Gasteiger partial charge in [0, 0.05) is 0 Å². The number of nitrogens with zero attached hydrogens (tertiary/aromatic N) is 2. The van der Waals surface area contributed by atoms with Crippen molar-refractivity contribution in [3.63, 3.8) is 0 Å². The number of aryl methyl sites for hydroxylation is 1. The molecule has 0 fully saturated rings. The number of rotatable bonds is 7. The van der Waals surface area contributed by atoms with E-state index in [0.29, 0.717) is 17.3 Å². The molecule has 118 valence electrons. The van der Waals surface area contributed by atoms with Crippen LogP contribution >= 0.6 is 23.1 Å². The topological polar surface area (TPSA) is 64.1 Å². The average molecular weight is 337 g/mol. The van der Waals surface area contributed by atoms with E-state index in [9.17, 15) is 4.79 Å². The molecule has 0 aliphatic carbocycles. The number of hydrogen-bond acceptors (Lipinski definition) is 6. The first-order valence-electron chi connectivity index (χ1n) is 7.12. The lowest BCUT2D eigenvalue weighted by Gasteiger charge is -2.16. The molecule has 1 N–H and O–H groups in total. The third-order valence-electron chi connectivity index (χ3n) is 2.87. The Balaban J connectivity index is 1.97. The maximum Gasteiger partial charge on any atom is 0.267 e. The lowest BCUT2D eigenvalue weighted by atomic mass is 10.2. The summed E-state index contributed by atoms with van der Waals surface area (Å²) in [6.07, 6.45) is 0.0311. The minimum Gasteiger partial charge on any atom is -0.481 e. The summed E-state index contributed by atoms with van der Waals surface area (Å²) in [4.78, 5) is 12.3. The van der Waals surface area contributed by atoms with E-state index in [4.69, 9.17) is 4.74 Å². The van der Waals surface area contributed by atoms with Crippen LogP contribution in [0.4, 0.5) is 5.13 Å². The van der Waals surface area contributed by atoms with E-state index in [0.717, 1.165) is 15.7 Å². The Morgan fingerprint density at radius 3 is 2.68 bits per heavy atom. The molecule has 0 saturated carbocycles. The van der Waals surface area contributed by atoms with Crippen LogP contribution in [0, 0.1) is 6.92 Å². The number of nitrogens with one attached hydrogen (secondary N) is 1. The number of hydrogen-bond donors (Lipinski definition) is 1. The number of amides is 1. The largest absolute Gasteiger partial charge is 0.481 e. The van der Waals surface area contributed by atoms with Crippen LogP contribution in [-0.4, -0.2) is 28.0 Å². The van der Waals surface area contributed by atoms with Crippen molar-refractivity contribution in [1.29, 1.82) is 0 Å². The zero-order valence-electron chi connectivity index (χ0n) is 12.8. The molecule has 1 aromatic carbocycles. The Hall–Kier alpha value is -1.60. The van der Waals surface area contributed by atoms with E-state index in [-0.39, 0.29) is 5.91 Å². The fourth-order valence-corrected chi connectivity index (χ4v) is 3.38. The van der Waals surface area contributed by atoms with Crippen LogP contribution in [0.1, 0.15) is 25.8 Å². The Kier molecular flexibility index (Phi) is 6.21. The lowest BCUT2D eigenvalue weighted by Crippen LogP contribution is -2.32. The molecule has 2 aromatic rings. The normalized spacial score (nSPS) is 12.0. The van der Waals surface area contributed by atoms with Gasteiger partial charge in [0.1, 0.15) is 5.75 Å². The first-order valence-corrected chi connectivity index (χ1v) is 8.93. The number of carbonyl (C=O) groups is 1. The number of carbonyl (C=O) groups excluding carboxylic acids is 1. The van der Waals surface area contributed by atoms with Crippen LogP contribution in [-0.2, 0) is 4.79 Å². The van der Waals surface area contributed by atoms with Crippen LogP contribution in [0.15, 0.2) is 28.6 Å². The van der Waals surface area contributed by atoms with Gasteiger partial charge in [-0.25, -0.2) is 0 Å². The summed E-state index contributed by atoms with van der Waals surface area (Å²) in [7, 11) is 0. The van der Waals surface area contributed by atoms with Crippen molar-refractivity contribution in [3.8, 4) is 5.75 Å². The van der Waals surface area contributed by atoms with Crippen LogP contribution in [0.5, 0.6) is 5.75 Å². The Labute approximate surface area is 138 Å². The van der Waals surface area contributed by atoms with Gasteiger partial charge in [0.15, 0.2) is 10.4 Å². The maximum absolute atomic E-state index is 12.3. The van der Waals surface area contributed by atoms with Crippen LogP contribution in [0.3, 0.4) is 0 Å². The molecule has 22 heavy (non-hydrogen) atoms. The molecule has 1 atom stereocenters. The van der Waals surface area contributed by atoms with Gasteiger partial charge in [-0.05, 0) is 31.2 Å². The molecule has 1 aromatic heterocycles. The van der Waals surface area contributed by atoms with Gasteiger partial charge in [0.25, 0.3) is 5.91 Å². The molecule has 2 rings (SSSR count). The molecule has 1 heterocycles. The van der Waals surface area contributed by atoms with Crippen molar-refractivity contribution in [2.75, 3.05) is 11.1 Å². The highest BCUT2D eigenvalue weighted by atomic mass is 32.2. The number of anilines is 1. The third-order valence-corrected chi connectivity index (χ3v) is 4.72. The van der Waals surface area contributed by atoms with Gasteiger partial charge in [0.2, 0.25) is 5.13 Å². The zero-order chi connectivity index (χ0) is 15.9.